The van der Waals surface area contributed by atoms with Crippen molar-refractivity contribution in [2.45, 2.75) is 33.6 Å². The molecule has 1 rings (SSSR count). The highest BCUT2D eigenvalue weighted by Gasteiger charge is 1.98. The normalized spacial score (nSPS) is 12.2. The molecular weight excluding hydrogens is 172 g/mol. The van der Waals surface area contributed by atoms with E-state index in [1.54, 1.807) is 0 Å². The van der Waals surface area contributed by atoms with Gasteiger partial charge in [0.25, 0.3) is 0 Å². The Hall–Kier alpha value is -1.24. The fraction of sp³-hybridized carbons (Fsp3) is 0.385. The molecule has 0 fully saturated rings. The average molecular weight is 190 g/mol. The minimum absolute atomic E-state index is 0.917. The van der Waals surface area contributed by atoms with E-state index in [0.717, 1.165) is 17.9 Å². The third-order valence-electron chi connectivity index (χ3n) is 2.24. The molecule has 1 heteroatoms. The predicted octanol–water partition coefficient (Wildman–Crippen LogP) is 4.16. The van der Waals surface area contributed by atoms with Crippen LogP contribution in [0.25, 0.3) is 0 Å². The molecule has 0 aromatic heterocycles. The lowest BCUT2D eigenvalue weighted by Crippen LogP contribution is -1.94. The molecule has 0 amide bonds. The number of allylic oxidation sites excluding steroid dienone is 2. The van der Waals surface area contributed by atoms with Crippen molar-refractivity contribution < 1.29 is 4.74 Å². The third kappa shape index (κ3) is 3.25. The number of ether oxygens (including phenoxy) is 1. The van der Waals surface area contributed by atoms with Crippen LogP contribution >= 0.6 is 0 Å². The molecule has 1 nitrogen and oxygen atoms in total. The molecular formula is C13H18O. The Morgan fingerprint density at radius 1 is 1.14 bits per heavy atom. The first-order valence-electron chi connectivity index (χ1n) is 5.13. The molecule has 0 aliphatic rings. The van der Waals surface area contributed by atoms with Crippen molar-refractivity contribution in [1.82, 2.24) is 0 Å². The summed E-state index contributed by atoms with van der Waals surface area (Å²) in [5, 5.41) is 0. The van der Waals surface area contributed by atoms with E-state index in [-0.39, 0.29) is 0 Å². The summed E-state index contributed by atoms with van der Waals surface area (Å²) >= 11 is 0. The molecule has 14 heavy (non-hydrogen) atoms. The van der Waals surface area contributed by atoms with Crippen LogP contribution in [0.15, 0.2) is 41.7 Å². The van der Waals surface area contributed by atoms with E-state index < -0.39 is 0 Å². The summed E-state index contributed by atoms with van der Waals surface area (Å²) in [4.78, 5) is 0. The number of benzene rings is 1. The van der Waals surface area contributed by atoms with E-state index in [2.05, 4.69) is 13.8 Å². The maximum Gasteiger partial charge on any atom is 0.126 e. The maximum atomic E-state index is 5.71. The molecule has 0 radical (unpaired) electrons. The lowest BCUT2D eigenvalue weighted by molar-refractivity contribution is 0.418. The second kappa shape index (κ2) is 5.48. The highest BCUT2D eigenvalue weighted by Crippen LogP contribution is 2.16. The highest BCUT2D eigenvalue weighted by atomic mass is 16.5. The zero-order chi connectivity index (χ0) is 10.4. The van der Waals surface area contributed by atoms with Crippen LogP contribution < -0.4 is 4.74 Å². The van der Waals surface area contributed by atoms with E-state index in [4.69, 9.17) is 4.74 Å². The van der Waals surface area contributed by atoms with Crippen LogP contribution in [0.2, 0.25) is 0 Å². The average Bonchev–Trinajstić information content (AvgIpc) is 2.19. The van der Waals surface area contributed by atoms with Gasteiger partial charge in [-0.1, -0.05) is 31.5 Å². The van der Waals surface area contributed by atoms with Gasteiger partial charge in [-0.3, -0.25) is 0 Å². The van der Waals surface area contributed by atoms with E-state index in [1.165, 1.54) is 12.0 Å². The Morgan fingerprint density at radius 2 is 1.79 bits per heavy atom. The molecule has 0 atom stereocenters. The zero-order valence-corrected chi connectivity index (χ0v) is 9.21. The molecule has 0 saturated carbocycles. The fourth-order valence-electron chi connectivity index (χ4n) is 1.30. The van der Waals surface area contributed by atoms with Gasteiger partial charge in [0.1, 0.15) is 5.75 Å². The molecule has 1 aromatic carbocycles. The Bertz CT molecular complexity index is 298. The van der Waals surface area contributed by atoms with Gasteiger partial charge in [0, 0.05) is 0 Å². The molecule has 0 aliphatic heterocycles. The van der Waals surface area contributed by atoms with Crippen molar-refractivity contribution in [3.63, 3.8) is 0 Å². The number of hydrogen-bond acceptors (Lipinski definition) is 1. The van der Waals surface area contributed by atoms with Gasteiger partial charge in [-0.15, -0.1) is 0 Å². The van der Waals surface area contributed by atoms with Crippen LogP contribution in [0.3, 0.4) is 0 Å². The predicted molar refractivity (Wildman–Crippen MR) is 60.4 cm³/mol. The summed E-state index contributed by atoms with van der Waals surface area (Å²) in [5.74, 6) is 1.94. The molecule has 0 spiro atoms. The summed E-state index contributed by atoms with van der Waals surface area (Å²) in [6.45, 7) is 6.33. The summed E-state index contributed by atoms with van der Waals surface area (Å²) in [7, 11) is 0. The van der Waals surface area contributed by atoms with Crippen molar-refractivity contribution in [2.24, 2.45) is 0 Å². The van der Waals surface area contributed by atoms with Gasteiger partial charge in [0.05, 0.1) is 5.76 Å². The SMILES string of the molecule is CCCC(C)=C(C)Oc1ccccc1. The van der Waals surface area contributed by atoms with Gasteiger partial charge in [-0.25, -0.2) is 0 Å². The van der Waals surface area contributed by atoms with Crippen LogP contribution in [-0.2, 0) is 0 Å². The summed E-state index contributed by atoms with van der Waals surface area (Å²) < 4.78 is 5.71. The Morgan fingerprint density at radius 3 is 2.36 bits per heavy atom. The van der Waals surface area contributed by atoms with Gasteiger partial charge in [-0.05, 0) is 38.0 Å². The summed E-state index contributed by atoms with van der Waals surface area (Å²) in [6, 6.07) is 9.91. The van der Waals surface area contributed by atoms with Gasteiger partial charge in [0.2, 0.25) is 0 Å². The van der Waals surface area contributed by atoms with Crippen molar-refractivity contribution >= 4 is 0 Å². The molecule has 0 saturated heterocycles. The standard InChI is InChI=1S/C13H18O/c1-4-8-11(2)12(3)14-13-9-6-5-7-10-13/h5-7,9-10H,4,8H2,1-3H3. The minimum atomic E-state index is 0.917. The summed E-state index contributed by atoms with van der Waals surface area (Å²) in [6.07, 6.45) is 2.28. The quantitative estimate of drug-likeness (QED) is 0.648. The van der Waals surface area contributed by atoms with Crippen LogP contribution in [-0.4, -0.2) is 0 Å². The first-order chi connectivity index (χ1) is 6.74. The monoisotopic (exact) mass is 190 g/mol. The fourth-order valence-corrected chi connectivity index (χ4v) is 1.30. The van der Waals surface area contributed by atoms with Gasteiger partial charge in [0.15, 0.2) is 0 Å². The second-order valence-electron chi connectivity index (χ2n) is 3.50. The minimum Gasteiger partial charge on any atom is -0.462 e. The van der Waals surface area contributed by atoms with Crippen LogP contribution in [0.5, 0.6) is 5.75 Å². The third-order valence-corrected chi connectivity index (χ3v) is 2.24. The van der Waals surface area contributed by atoms with Crippen molar-refractivity contribution in [1.29, 1.82) is 0 Å². The van der Waals surface area contributed by atoms with E-state index in [1.807, 2.05) is 37.3 Å². The number of para-hydroxylation sites is 1. The topological polar surface area (TPSA) is 9.23 Å². The van der Waals surface area contributed by atoms with E-state index >= 15 is 0 Å². The number of rotatable bonds is 4. The molecule has 76 valence electrons. The van der Waals surface area contributed by atoms with Crippen molar-refractivity contribution in [3.8, 4) is 5.75 Å². The van der Waals surface area contributed by atoms with Gasteiger partial charge >= 0.3 is 0 Å². The Labute approximate surface area is 86.4 Å². The number of hydrogen-bond donors (Lipinski definition) is 0. The van der Waals surface area contributed by atoms with Crippen molar-refractivity contribution in [2.75, 3.05) is 0 Å². The molecule has 0 N–H and O–H groups in total. The maximum absolute atomic E-state index is 5.71. The van der Waals surface area contributed by atoms with Gasteiger partial charge < -0.3 is 4.74 Å². The Balaban J connectivity index is 2.65. The first kappa shape index (κ1) is 10.8. The molecule has 0 bridgehead atoms. The largest absolute Gasteiger partial charge is 0.462 e. The van der Waals surface area contributed by atoms with Crippen LogP contribution in [0.4, 0.5) is 0 Å². The first-order valence-corrected chi connectivity index (χ1v) is 5.13. The second-order valence-corrected chi connectivity index (χ2v) is 3.50. The van der Waals surface area contributed by atoms with Crippen LogP contribution in [0, 0.1) is 0 Å². The lowest BCUT2D eigenvalue weighted by atomic mass is 10.1. The smallest absolute Gasteiger partial charge is 0.126 e. The van der Waals surface area contributed by atoms with E-state index in [9.17, 15) is 0 Å². The van der Waals surface area contributed by atoms with E-state index in [0.29, 0.717) is 0 Å². The molecule has 1 aromatic rings. The highest BCUT2D eigenvalue weighted by molar-refractivity contribution is 5.24. The molecule has 0 aliphatic carbocycles. The van der Waals surface area contributed by atoms with Gasteiger partial charge in [-0.2, -0.15) is 0 Å². The van der Waals surface area contributed by atoms with Crippen LogP contribution in [0.1, 0.15) is 33.6 Å². The zero-order valence-electron chi connectivity index (χ0n) is 9.21. The summed E-state index contributed by atoms with van der Waals surface area (Å²) in [5.41, 5.74) is 1.33. The Kier molecular flexibility index (Phi) is 4.24. The molecule has 0 unspecified atom stereocenters. The van der Waals surface area contributed by atoms with Crippen molar-refractivity contribution in [3.05, 3.63) is 41.7 Å². The lowest BCUT2D eigenvalue weighted by Gasteiger charge is -2.09. The molecule has 0 heterocycles.